The molecule has 4 aromatic carbocycles. The van der Waals surface area contributed by atoms with E-state index in [1.165, 1.54) is 23.1 Å². The number of hydrogen-bond donors (Lipinski definition) is 3. The minimum atomic E-state index is -0.493. The Balaban J connectivity index is 1.16. The molecule has 3 amide bonds. The largest absolute Gasteiger partial charge is 0.494 e. The lowest BCUT2D eigenvalue weighted by atomic mass is 10.1. The lowest BCUT2D eigenvalue weighted by Gasteiger charge is -2.12. The molecule has 46 heavy (non-hydrogen) atoms. The molecule has 0 unspecified atom stereocenters. The highest BCUT2D eigenvalue weighted by atomic mass is 35.5. The molecule has 0 aliphatic heterocycles. The summed E-state index contributed by atoms with van der Waals surface area (Å²) in [6, 6.07) is 30.3. The Labute approximate surface area is 279 Å². The molecule has 0 aliphatic rings. The molecule has 5 rings (SSSR count). The number of thiazole rings is 1. The van der Waals surface area contributed by atoms with Crippen molar-refractivity contribution in [3.8, 4) is 17.0 Å². The van der Waals surface area contributed by atoms with Gasteiger partial charge in [-0.25, -0.2) is 4.98 Å². The summed E-state index contributed by atoms with van der Waals surface area (Å²) >= 11 is 8.73. The molecule has 0 radical (unpaired) electrons. The molecule has 0 saturated carbocycles. The van der Waals surface area contributed by atoms with Crippen LogP contribution < -0.4 is 20.7 Å². The quantitative estimate of drug-likeness (QED) is 0.0918. The number of halogens is 1. The van der Waals surface area contributed by atoms with E-state index >= 15 is 0 Å². The van der Waals surface area contributed by atoms with Crippen LogP contribution in [-0.2, 0) is 9.59 Å². The number of rotatable bonds is 12. The summed E-state index contributed by atoms with van der Waals surface area (Å²) in [6.07, 6.45) is 1.58. The molecule has 0 fully saturated rings. The van der Waals surface area contributed by atoms with E-state index in [1.807, 2.05) is 54.8 Å². The summed E-state index contributed by atoms with van der Waals surface area (Å²) in [6.45, 7) is 2.54. The highest BCUT2D eigenvalue weighted by Crippen LogP contribution is 2.27. The Hall–Kier alpha value is -4.90. The smallest absolute Gasteiger partial charge is 0.272 e. The fourth-order valence-corrected chi connectivity index (χ4v) is 5.72. The molecule has 0 saturated heterocycles. The number of thioether (sulfide) groups is 1. The second kappa shape index (κ2) is 15.9. The van der Waals surface area contributed by atoms with Crippen LogP contribution in [0.2, 0.25) is 5.02 Å². The first kappa shape index (κ1) is 32.5. The number of nitrogens with zero attached hydrogens (tertiary/aromatic N) is 1. The maximum absolute atomic E-state index is 13.3. The SMILES string of the molecule is CCOc1ccc(-c2csc(NC(=O)CSc3ccc(NC(=O)/C(=C/c4ccc(Cl)cc4)NC(=O)c4ccccc4)cc3)n2)cc1. The predicted octanol–water partition coefficient (Wildman–Crippen LogP) is 8.00. The maximum Gasteiger partial charge on any atom is 0.272 e. The van der Waals surface area contributed by atoms with Crippen LogP contribution in [0.1, 0.15) is 22.8 Å². The second-order valence-corrected chi connectivity index (χ2v) is 12.1. The molecule has 1 heterocycles. The van der Waals surface area contributed by atoms with Crippen LogP contribution in [0.25, 0.3) is 17.3 Å². The van der Waals surface area contributed by atoms with Crippen molar-refractivity contribution < 1.29 is 19.1 Å². The number of hydrogen-bond acceptors (Lipinski definition) is 7. The van der Waals surface area contributed by atoms with Gasteiger partial charge in [0, 0.05) is 32.1 Å². The number of amides is 3. The Kier molecular flexibility index (Phi) is 11.2. The number of anilines is 2. The van der Waals surface area contributed by atoms with E-state index < -0.39 is 11.8 Å². The van der Waals surface area contributed by atoms with Crippen molar-refractivity contribution in [3.05, 3.63) is 130 Å². The Morgan fingerprint density at radius 3 is 2.30 bits per heavy atom. The fraction of sp³-hybridized carbons (Fsp3) is 0.0857. The number of benzene rings is 4. The van der Waals surface area contributed by atoms with Gasteiger partial charge in [-0.05, 0) is 91.4 Å². The van der Waals surface area contributed by atoms with Crippen molar-refractivity contribution in [1.82, 2.24) is 10.3 Å². The van der Waals surface area contributed by atoms with Gasteiger partial charge in [-0.15, -0.1) is 23.1 Å². The summed E-state index contributed by atoms with van der Waals surface area (Å²) in [7, 11) is 0. The van der Waals surface area contributed by atoms with Crippen LogP contribution >= 0.6 is 34.7 Å². The molecule has 0 aliphatic carbocycles. The van der Waals surface area contributed by atoms with Gasteiger partial charge in [-0.2, -0.15) is 0 Å². The van der Waals surface area contributed by atoms with Gasteiger partial charge in [-0.3, -0.25) is 14.4 Å². The van der Waals surface area contributed by atoms with Gasteiger partial charge < -0.3 is 20.7 Å². The standard InChI is InChI=1S/C35H29ClN4O4S2/c1-2-44-28-16-10-24(11-17-28)31-21-46-35(39-31)40-32(41)22-45-29-18-14-27(15-19-29)37-34(43)30(20-23-8-12-26(36)13-9-23)38-33(42)25-6-4-3-5-7-25/h3-21H,2,22H2,1H3,(H,37,43)(H,38,42)(H,39,40,41)/b30-20-. The van der Waals surface area contributed by atoms with E-state index in [9.17, 15) is 14.4 Å². The molecule has 0 atom stereocenters. The van der Waals surface area contributed by atoms with E-state index in [0.717, 1.165) is 21.9 Å². The molecular formula is C35H29ClN4O4S2. The second-order valence-electron chi connectivity index (χ2n) is 9.74. The van der Waals surface area contributed by atoms with Gasteiger partial charge in [-0.1, -0.05) is 41.9 Å². The first-order valence-corrected chi connectivity index (χ1v) is 16.5. The third kappa shape index (κ3) is 9.31. The lowest BCUT2D eigenvalue weighted by molar-refractivity contribution is -0.114. The molecule has 232 valence electrons. The average Bonchev–Trinajstić information content (AvgIpc) is 3.54. The third-order valence-corrected chi connectivity index (χ3v) is 8.43. The first-order chi connectivity index (χ1) is 22.4. The zero-order valence-corrected chi connectivity index (χ0v) is 27.0. The zero-order chi connectivity index (χ0) is 32.3. The monoisotopic (exact) mass is 668 g/mol. The van der Waals surface area contributed by atoms with Gasteiger partial charge in [0.25, 0.3) is 11.8 Å². The minimum absolute atomic E-state index is 0.0687. The molecule has 3 N–H and O–H groups in total. The highest BCUT2D eigenvalue weighted by Gasteiger charge is 2.16. The van der Waals surface area contributed by atoms with Crippen molar-refractivity contribution in [2.75, 3.05) is 23.0 Å². The minimum Gasteiger partial charge on any atom is -0.494 e. The van der Waals surface area contributed by atoms with Gasteiger partial charge >= 0.3 is 0 Å². The number of aromatic nitrogens is 1. The van der Waals surface area contributed by atoms with Gasteiger partial charge in [0.15, 0.2) is 5.13 Å². The zero-order valence-electron chi connectivity index (χ0n) is 24.7. The molecule has 5 aromatic rings. The number of carbonyl (C=O) groups excluding carboxylic acids is 3. The average molecular weight is 669 g/mol. The number of nitrogens with one attached hydrogen (secondary N) is 3. The predicted molar refractivity (Wildman–Crippen MR) is 186 cm³/mol. The number of ether oxygens (including phenoxy) is 1. The molecule has 1 aromatic heterocycles. The van der Waals surface area contributed by atoms with Gasteiger partial charge in [0.1, 0.15) is 11.4 Å². The maximum atomic E-state index is 13.3. The van der Waals surface area contributed by atoms with Crippen LogP contribution in [0.4, 0.5) is 10.8 Å². The van der Waals surface area contributed by atoms with E-state index in [-0.39, 0.29) is 17.4 Å². The van der Waals surface area contributed by atoms with Crippen LogP contribution in [0, 0.1) is 0 Å². The molecular weight excluding hydrogens is 640 g/mol. The Morgan fingerprint density at radius 1 is 0.891 bits per heavy atom. The molecule has 8 nitrogen and oxygen atoms in total. The molecule has 11 heteroatoms. The fourth-order valence-electron chi connectivity index (χ4n) is 4.16. The van der Waals surface area contributed by atoms with Crippen LogP contribution in [-0.4, -0.2) is 35.1 Å². The topological polar surface area (TPSA) is 109 Å². The van der Waals surface area contributed by atoms with Crippen molar-refractivity contribution >= 4 is 69.3 Å². The van der Waals surface area contributed by atoms with Gasteiger partial charge in [0.2, 0.25) is 5.91 Å². The Bertz CT molecular complexity index is 1830. The summed E-state index contributed by atoms with van der Waals surface area (Å²) in [5.74, 6) is -0.104. The first-order valence-electron chi connectivity index (χ1n) is 14.2. The van der Waals surface area contributed by atoms with E-state index in [0.29, 0.717) is 33.6 Å². The molecule has 0 spiro atoms. The van der Waals surface area contributed by atoms with E-state index in [4.69, 9.17) is 16.3 Å². The molecule has 0 bridgehead atoms. The van der Waals surface area contributed by atoms with Crippen molar-refractivity contribution in [3.63, 3.8) is 0 Å². The van der Waals surface area contributed by atoms with Crippen LogP contribution in [0.5, 0.6) is 5.75 Å². The van der Waals surface area contributed by atoms with Crippen molar-refractivity contribution in [2.45, 2.75) is 11.8 Å². The van der Waals surface area contributed by atoms with Crippen LogP contribution in [0.3, 0.4) is 0 Å². The van der Waals surface area contributed by atoms with Crippen molar-refractivity contribution in [2.24, 2.45) is 0 Å². The van der Waals surface area contributed by atoms with E-state index in [1.54, 1.807) is 66.7 Å². The highest BCUT2D eigenvalue weighted by molar-refractivity contribution is 8.00. The van der Waals surface area contributed by atoms with Gasteiger partial charge in [0.05, 0.1) is 18.1 Å². The Morgan fingerprint density at radius 2 is 1.61 bits per heavy atom. The summed E-state index contributed by atoms with van der Waals surface area (Å²) in [5.41, 5.74) is 3.43. The normalized spacial score (nSPS) is 11.0. The summed E-state index contributed by atoms with van der Waals surface area (Å²) < 4.78 is 5.49. The van der Waals surface area contributed by atoms with Crippen molar-refractivity contribution in [1.29, 1.82) is 0 Å². The third-order valence-electron chi connectivity index (χ3n) is 6.40. The lowest BCUT2D eigenvalue weighted by Crippen LogP contribution is -2.30. The van der Waals surface area contributed by atoms with E-state index in [2.05, 4.69) is 20.9 Å². The summed E-state index contributed by atoms with van der Waals surface area (Å²) in [4.78, 5) is 44.1. The summed E-state index contributed by atoms with van der Waals surface area (Å²) in [5, 5.41) is 11.4. The number of carbonyl (C=O) groups is 3. The van der Waals surface area contributed by atoms with Crippen LogP contribution in [0.15, 0.2) is 119 Å².